The summed E-state index contributed by atoms with van der Waals surface area (Å²) in [6.45, 7) is 4.71. The summed E-state index contributed by atoms with van der Waals surface area (Å²) in [7, 11) is 0. The number of amides is 3. The third-order valence-electron chi connectivity index (χ3n) is 3.11. The average Bonchev–Trinajstić information content (AvgIpc) is 2.56. The van der Waals surface area contributed by atoms with Gasteiger partial charge in [0.25, 0.3) is 0 Å². The molecular formula is C17H15N5O3. The van der Waals surface area contributed by atoms with E-state index in [0.29, 0.717) is 17.1 Å². The molecule has 2 rings (SSSR count). The van der Waals surface area contributed by atoms with E-state index in [2.05, 4.69) is 27.7 Å². The summed E-state index contributed by atoms with van der Waals surface area (Å²) in [6.07, 6.45) is 0. The number of hydrogen-bond donors (Lipinski definition) is 4. The van der Waals surface area contributed by atoms with Gasteiger partial charge in [0.15, 0.2) is 0 Å². The fourth-order valence-corrected chi connectivity index (χ4v) is 2.04. The van der Waals surface area contributed by atoms with Crippen molar-refractivity contribution in [2.24, 2.45) is 4.99 Å². The molecule has 8 nitrogen and oxygen atoms in total. The lowest BCUT2D eigenvalue weighted by Crippen LogP contribution is -2.19. The Morgan fingerprint density at radius 1 is 1.12 bits per heavy atom. The number of nitriles is 1. The first kappa shape index (κ1) is 17.5. The first-order chi connectivity index (χ1) is 11.9. The summed E-state index contributed by atoms with van der Waals surface area (Å²) in [6, 6.07) is 10.2. The van der Waals surface area contributed by atoms with Crippen molar-refractivity contribution < 1.29 is 14.7 Å². The van der Waals surface area contributed by atoms with Crippen molar-refractivity contribution in [1.29, 1.82) is 5.26 Å². The summed E-state index contributed by atoms with van der Waals surface area (Å²) >= 11 is 0. The van der Waals surface area contributed by atoms with Crippen molar-refractivity contribution in [3.8, 4) is 11.8 Å². The summed E-state index contributed by atoms with van der Waals surface area (Å²) in [5.41, 5.74) is 1.64. The molecule has 0 fully saturated rings. The molecule has 0 aromatic heterocycles. The fourth-order valence-electron chi connectivity index (χ4n) is 2.04. The van der Waals surface area contributed by atoms with E-state index >= 15 is 0 Å². The monoisotopic (exact) mass is 337 g/mol. The molecule has 0 spiro atoms. The largest absolute Gasteiger partial charge is 0.506 e. The van der Waals surface area contributed by atoms with E-state index in [0.717, 1.165) is 0 Å². The van der Waals surface area contributed by atoms with E-state index in [1.165, 1.54) is 31.2 Å². The van der Waals surface area contributed by atoms with Crippen LogP contribution < -0.4 is 16.0 Å². The van der Waals surface area contributed by atoms with Gasteiger partial charge in [-0.05, 0) is 37.0 Å². The molecule has 0 atom stereocenters. The fraction of sp³-hybridized carbons (Fsp3) is 0.0588. The molecule has 126 valence electrons. The maximum absolute atomic E-state index is 12.0. The summed E-state index contributed by atoms with van der Waals surface area (Å²) in [5.74, 6) is -0.478. The van der Waals surface area contributed by atoms with Gasteiger partial charge in [-0.15, -0.1) is 0 Å². The number of nitrogens with one attached hydrogen (secondary N) is 3. The predicted molar refractivity (Wildman–Crippen MR) is 95.4 cm³/mol. The maximum Gasteiger partial charge on any atom is 0.323 e. The Kier molecular flexibility index (Phi) is 5.32. The topological polar surface area (TPSA) is 127 Å². The van der Waals surface area contributed by atoms with Crippen LogP contribution >= 0.6 is 0 Å². The van der Waals surface area contributed by atoms with E-state index in [1.54, 1.807) is 12.1 Å². The highest BCUT2D eigenvalue weighted by Crippen LogP contribution is 2.27. The minimum absolute atomic E-state index is 0.163. The second-order valence-corrected chi connectivity index (χ2v) is 4.99. The zero-order valence-electron chi connectivity index (χ0n) is 13.3. The Labute approximate surface area is 143 Å². The maximum atomic E-state index is 12.0. The highest BCUT2D eigenvalue weighted by atomic mass is 16.3. The molecule has 8 heteroatoms. The standard InChI is InChI=1S/C17H15N5O3/c1-10(23)20-13-4-6-15(16(24)8-13)22-17(25)21-12-3-5-14(19-2)11(7-12)9-18/h3-8,24H,2H2,1H3,(H,20,23)(H2,21,22,25). The number of aliphatic imine (C=N–C) groups is 1. The van der Waals surface area contributed by atoms with Gasteiger partial charge in [0.05, 0.1) is 16.9 Å². The molecule has 0 bridgehead atoms. The first-order valence-corrected chi connectivity index (χ1v) is 7.12. The first-order valence-electron chi connectivity index (χ1n) is 7.12. The second kappa shape index (κ2) is 7.61. The lowest BCUT2D eigenvalue weighted by atomic mass is 10.2. The van der Waals surface area contributed by atoms with Gasteiger partial charge in [0, 0.05) is 24.4 Å². The molecule has 0 saturated heterocycles. The van der Waals surface area contributed by atoms with Gasteiger partial charge in [-0.3, -0.25) is 9.79 Å². The van der Waals surface area contributed by atoms with Crippen LogP contribution in [0.25, 0.3) is 0 Å². The number of carbonyl (C=O) groups is 2. The molecule has 0 aliphatic carbocycles. The number of anilines is 3. The Hall–Kier alpha value is -3.86. The molecule has 4 N–H and O–H groups in total. The summed E-state index contributed by atoms with van der Waals surface area (Å²) < 4.78 is 0. The van der Waals surface area contributed by atoms with Gasteiger partial charge >= 0.3 is 6.03 Å². The molecule has 0 aliphatic heterocycles. The van der Waals surface area contributed by atoms with Gasteiger partial charge < -0.3 is 21.1 Å². The van der Waals surface area contributed by atoms with E-state index in [-0.39, 0.29) is 22.9 Å². The smallest absolute Gasteiger partial charge is 0.323 e. The molecule has 0 saturated carbocycles. The summed E-state index contributed by atoms with van der Waals surface area (Å²) in [5, 5.41) is 26.5. The van der Waals surface area contributed by atoms with Crippen LogP contribution in [-0.2, 0) is 4.79 Å². The van der Waals surface area contributed by atoms with Crippen LogP contribution in [0.4, 0.5) is 27.5 Å². The van der Waals surface area contributed by atoms with Crippen LogP contribution in [0, 0.1) is 11.3 Å². The molecule has 0 aliphatic rings. The minimum atomic E-state index is -0.606. The van der Waals surface area contributed by atoms with Crippen LogP contribution in [-0.4, -0.2) is 23.8 Å². The Bertz CT molecular complexity index is 886. The molecule has 0 radical (unpaired) electrons. The third kappa shape index (κ3) is 4.56. The molecule has 2 aromatic carbocycles. The third-order valence-corrected chi connectivity index (χ3v) is 3.11. The van der Waals surface area contributed by atoms with Gasteiger partial charge in [0.1, 0.15) is 11.8 Å². The van der Waals surface area contributed by atoms with E-state index in [1.807, 2.05) is 6.07 Å². The summed E-state index contributed by atoms with van der Waals surface area (Å²) in [4.78, 5) is 26.7. The molecular weight excluding hydrogens is 322 g/mol. The number of phenolic OH excluding ortho intramolecular Hbond substituents is 1. The zero-order chi connectivity index (χ0) is 18.4. The SMILES string of the molecule is C=Nc1ccc(NC(=O)Nc2ccc(NC(C)=O)cc2O)cc1C#N. The van der Waals surface area contributed by atoms with Crippen molar-refractivity contribution in [3.63, 3.8) is 0 Å². The van der Waals surface area contributed by atoms with Gasteiger partial charge in [0.2, 0.25) is 5.91 Å². The van der Waals surface area contributed by atoms with Crippen molar-refractivity contribution >= 4 is 41.4 Å². The molecule has 0 heterocycles. The van der Waals surface area contributed by atoms with E-state index in [4.69, 9.17) is 5.26 Å². The number of aromatic hydroxyl groups is 1. The van der Waals surface area contributed by atoms with Crippen LogP contribution in [0.2, 0.25) is 0 Å². The molecule has 2 aromatic rings. The number of rotatable bonds is 4. The Morgan fingerprint density at radius 2 is 1.80 bits per heavy atom. The Balaban J connectivity index is 2.09. The highest BCUT2D eigenvalue weighted by molar-refractivity contribution is 6.01. The van der Waals surface area contributed by atoms with Crippen LogP contribution in [0.15, 0.2) is 41.4 Å². The van der Waals surface area contributed by atoms with E-state index in [9.17, 15) is 14.7 Å². The van der Waals surface area contributed by atoms with Crippen molar-refractivity contribution in [2.45, 2.75) is 6.92 Å². The highest BCUT2D eigenvalue weighted by Gasteiger charge is 2.09. The number of carbonyl (C=O) groups excluding carboxylic acids is 2. The van der Waals surface area contributed by atoms with Crippen molar-refractivity contribution in [2.75, 3.05) is 16.0 Å². The quantitative estimate of drug-likeness (QED) is 0.504. The lowest BCUT2D eigenvalue weighted by Gasteiger charge is -2.11. The number of phenols is 1. The van der Waals surface area contributed by atoms with Gasteiger partial charge in [-0.1, -0.05) is 0 Å². The van der Waals surface area contributed by atoms with Gasteiger partial charge in [-0.25, -0.2) is 4.79 Å². The number of urea groups is 1. The lowest BCUT2D eigenvalue weighted by molar-refractivity contribution is -0.114. The minimum Gasteiger partial charge on any atom is -0.506 e. The zero-order valence-corrected chi connectivity index (χ0v) is 13.3. The number of benzene rings is 2. The average molecular weight is 337 g/mol. The Morgan fingerprint density at radius 3 is 2.40 bits per heavy atom. The van der Waals surface area contributed by atoms with E-state index < -0.39 is 6.03 Å². The van der Waals surface area contributed by atoms with Gasteiger partial charge in [-0.2, -0.15) is 5.26 Å². The molecule has 25 heavy (non-hydrogen) atoms. The predicted octanol–water partition coefficient (Wildman–Crippen LogP) is 3.20. The molecule has 0 unspecified atom stereocenters. The van der Waals surface area contributed by atoms with Crippen molar-refractivity contribution in [1.82, 2.24) is 0 Å². The van der Waals surface area contributed by atoms with Crippen LogP contribution in [0.5, 0.6) is 5.75 Å². The number of hydrogen-bond acceptors (Lipinski definition) is 5. The van der Waals surface area contributed by atoms with Crippen molar-refractivity contribution in [3.05, 3.63) is 42.0 Å². The number of nitrogens with zero attached hydrogens (tertiary/aromatic N) is 2. The molecule has 3 amide bonds. The van der Waals surface area contributed by atoms with Crippen LogP contribution in [0.3, 0.4) is 0 Å². The second-order valence-electron chi connectivity index (χ2n) is 4.99. The normalized spacial score (nSPS) is 9.60. The van der Waals surface area contributed by atoms with Crippen LogP contribution in [0.1, 0.15) is 12.5 Å².